The number of non-ortho nitro benzene ring substituents is 1. The summed E-state index contributed by atoms with van der Waals surface area (Å²) in [5, 5.41) is 30.3. The minimum Gasteiger partial charge on any atom is -0.369 e. The van der Waals surface area contributed by atoms with Gasteiger partial charge >= 0.3 is 0 Å². The molecule has 3 aromatic rings. The number of benzene rings is 3. The zero-order valence-corrected chi connectivity index (χ0v) is 25.3. The normalized spacial score (nSPS) is 12.5. The van der Waals surface area contributed by atoms with Crippen LogP contribution in [-0.4, -0.2) is 48.0 Å². The fourth-order valence-electron chi connectivity index (χ4n) is 4.54. The van der Waals surface area contributed by atoms with Crippen LogP contribution in [0.3, 0.4) is 0 Å². The highest BCUT2D eigenvalue weighted by molar-refractivity contribution is 7.44. The van der Waals surface area contributed by atoms with E-state index < -0.39 is 8.53 Å². The van der Waals surface area contributed by atoms with Gasteiger partial charge in [-0.2, -0.15) is 10.4 Å². The van der Waals surface area contributed by atoms with Gasteiger partial charge in [0.1, 0.15) is 0 Å². The molecular weight excluding hydrogens is 539 g/mol. The Kier molecular flexibility index (Phi) is 12.6. The molecule has 0 aromatic heterocycles. The first kappa shape index (κ1) is 32.0. The quantitative estimate of drug-likeness (QED) is 0.0549. The smallest absolute Gasteiger partial charge is 0.277 e. The molecule has 0 aliphatic rings. The molecule has 1 atom stereocenters. The summed E-state index contributed by atoms with van der Waals surface area (Å²) in [5.41, 5.74) is 2.36. The van der Waals surface area contributed by atoms with Crippen LogP contribution < -0.4 is 4.90 Å². The van der Waals surface area contributed by atoms with E-state index in [0.29, 0.717) is 48.3 Å². The van der Waals surface area contributed by atoms with Crippen LogP contribution in [0.4, 0.5) is 22.7 Å². The Labute approximate surface area is 243 Å². The topological polar surface area (TPSA) is 117 Å². The number of nitrogens with zero attached hydrogens (tertiary/aromatic N) is 6. The van der Waals surface area contributed by atoms with E-state index in [0.717, 1.165) is 18.7 Å². The molecule has 0 aliphatic heterocycles. The number of fused-ring (bicyclic) bond motifs is 1. The number of hydrogen-bond acceptors (Lipinski definition) is 9. The van der Waals surface area contributed by atoms with Crippen LogP contribution in [0.1, 0.15) is 47.5 Å². The van der Waals surface area contributed by atoms with Gasteiger partial charge in [0, 0.05) is 42.3 Å². The maximum absolute atomic E-state index is 11.4. The minimum absolute atomic E-state index is 0.0475. The van der Waals surface area contributed by atoms with E-state index in [4.69, 9.17) is 14.3 Å². The van der Waals surface area contributed by atoms with Crippen molar-refractivity contribution in [1.29, 1.82) is 5.26 Å². The van der Waals surface area contributed by atoms with E-state index in [-0.39, 0.29) is 22.7 Å². The zero-order valence-electron chi connectivity index (χ0n) is 24.4. The van der Waals surface area contributed by atoms with E-state index in [2.05, 4.69) is 60.5 Å². The molecule has 0 spiro atoms. The summed E-state index contributed by atoms with van der Waals surface area (Å²) in [6.07, 6.45) is 1.31. The van der Waals surface area contributed by atoms with Crippen LogP contribution in [-0.2, 0) is 9.05 Å². The monoisotopic (exact) mass is 578 g/mol. The molecule has 0 N–H and O–H groups in total. The molecular formula is C30H39N6O4P. The van der Waals surface area contributed by atoms with Crippen molar-refractivity contribution in [3.63, 3.8) is 0 Å². The molecule has 0 saturated heterocycles. The summed E-state index contributed by atoms with van der Waals surface area (Å²) in [4.78, 5) is 13.3. The van der Waals surface area contributed by atoms with Gasteiger partial charge in [-0.05, 0) is 70.5 Å². The van der Waals surface area contributed by atoms with Crippen molar-refractivity contribution < 1.29 is 14.0 Å². The van der Waals surface area contributed by atoms with Crippen molar-refractivity contribution in [2.75, 3.05) is 31.2 Å². The van der Waals surface area contributed by atoms with E-state index >= 15 is 0 Å². The van der Waals surface area contributed by atoms with Gasteiger partial charge < -0.3 is 13.9 Å². The second-order valence-corrected chi connectivity index (χ2v) is 11.4. The third kappa shape index (κ3) is 9.00. The van der Waals surface area contributed by atoms with Crippen LogP contribution in [0.2, 0.25) is 0 Å². The average Bonchev–Trinajstić information content (AvgIpc) is 2.95. The molecule has 0 radical (unpaired) electrons. The van der Waals surface area contributed by atoms with Crippen LogP contribution in [0, 0.1) is 21.4 Å². The van der Waals surface area contributed by atoms with Crippen molar-refractivity contribution >= 4 is 42.0 Å². The second-order valence-electron chi connectivity index (χ2n) is 9.99. The number of azo groups is 1. The predicted molar refractivity (Wildman–Crippen MR) is 165 cm³/mol. The van der Waals surface area contributed by atoms with Crippen molar-refractivity contribution in [1.82, 2.24) is 4.67 Å². The van der Waals surface area contributed by atoms with Gasteiger partial charge in [-0.25, -0.2) is 4.67 Å². The molecule has 218 valence electrons. The molecule has 3 aromatic carbocycles. The van der Waals surface area contributed by atoms with Gasteiger partial charge in [0.05, 0.1) is 47.4 Å². The lowest BCUT2D eigenvalue weighted by Crippen LogP contribution is -2.34. The number of nitriles is 1. The molecule has 0 saturated carbocycles. The molecule has 0 fully saturated rings. The summed E-state index contributed by atoms with van der Waals surface area (Å²) in [5.74, 6) is 0. The number of nitro benzene ring substituents is 1. The molecule has 0 amide bonds. The van der Waals surface area contributed by atoms with E-state index in [1.165, 1.54) is 6.07 Å². The lowest BCUT2D eigenvalue weighted by atomic mass is 10.1. The third-order valence-corrected chi connectivity index (χ3v) is 8.39. The first-order valence-corrected chi connectivity index (χ1v) is 15.0. The van der Waals surface area contributed by atoms with Crippen molar-refractivity contribution in [2.45, 2.75) is 59.5 Å². The first-order valence-electron chi connectivity index (χ1n) is 13.9. The Hall–Kier alpha value is -3.48. The van der Waals surface area contributed by atoms with Gasteiger partial charge in [0.15, 0.2) is 0 Å². The van der Waals surface area contributed by atoms with Gasteiger partial charge in [-0.3, -0.25) is 10.1 Å². The Morgan fingerprint density at radius 3 is 2.20 bits per heavy atom. The second kappa shape index (κ2) is 16.1. The highest BCUT2D eigenvalue weighted by Crippen LogP contribution is 2.46. The maximum atomic E-state index is 11.4. The summed E-state index contributed by atoms with van der Waals surface area (Å²) in [6.45, 7) is 13.0. The minimum atomic E-state index is -1.28. The fraction of sp³-hybridized carbons (Fsp3) is 0.433. The highest BCUT2D eigenvalue weighted by atomic mass is 31.2. The molecule has 0 heterocycles. The van der Waals surface area contributed by atoms with Gasteiger partial charge in [0.2, 0.25) is 0 Å². The van der Waals surface area contributed by atoms with Crippen LogP contribution in [0.25, 0.3) is 10.8 Å². The molecule has 11 heteroatoms. The third-order valence-electron chi connectivity index (χ3n) is 6.28. The van der Waals surface area contributed by atoms with Gasteiger partial charge in [-0.15, -0.1) is 5.11 Å². The molecule has 1 unspecified atom stereocenters. The fourth-order valence-corrected chi connectivity index (χ4v) is 6.12. The SMILES string of the molecule is CCCN(CCOP(OCCC#N)N(C(C)C)C(C)C)c1ccc(/N=N/c2ccc([N+](=O)[O-])c3ccccc23)cc1. The van der Waals surface area contributed by atoms with E-state index in [1.807, 2.05) is 36.4 Å². The highest BCUT2D eigenvalue weighted by Gasteiger charge is 2.27. The standard InChI is InChI=1S/C30H39N6O4P/c1-6-19-34(20-22-40-41(39-21-9-18-31)35(23(2)3)24(4)5)26-14-12-25(13-15-26)32-33-29-16-17-30(36(37)38)28-11-8-7-10-27(28)29/h7-8,10-17,23-24H,6,9,19-22H2,1-5H3/b33-32+. The molecule has 3 rings (SSSR count). The Balaban J connectivity index is 1.70. The summed E-state index contributed by atoms with van der Waals surface area (Å²) in [6, 6.07) is 20.7. The first-order chi connectivity index (χ1) is 19.8. The van der Waals surface area contributed by atoms with Gasteiger partial charge in [0.25, 0.3) is 14.2 Å². The Morgan fingerprint density at radius 2 is 1.59 bits per heavy atom. The number of hydrogen-bond donors (Lipinski definition) is 0. The number of rotatable bonds is 16. The number of nitro groups is 1. The average molecular weight is 579 g/mol. The maximum Gasteiger partial charge on any atom is 0.277 e. The summed E-state index contributed by atoms with van der Waals surface area (Å²) in [7, 11) is -1.28. The van der Waals surface area contributed by atoms with E-state index in [1.54, 1.807) is 18.2 Å². The van der Waals surface area contributed by atoms with Crippen molar-refractivity contribution in [3.05, 3.63) is 70.8 Å². The van der Waals surface area contributed by atoms with Crippen molar-refractivity contribution in [3.8, 4) is 6.07 Å². The van der Waals surface area contributed by atoms with Gasteiger partial charge in [-0.1, -0.05) is 25.1 Å². The molecule has 10 nitrogen and oxygen atoms in total. The zero-order chi connectivity index (χ0) is 29.8. The van der Waals surface area contributed by atoms with Crippen LogP contribution >= 0.6 is 8.53 Å². The lowest BCUT2D eigenvalue weighted by molar-refractivity contribution is -0.383. The Bertz CT molecular complexity index is 1340. The molecule has 0 bridgehead atoms. The van der Waals surface area contributed by atoms with Crippen LogP contribution in [0.15, 0.2) is 70.9 Å². The lowest BCUT2D eigenvalue weighted by Gasteiger charge is -2.36. The molecule has 41 heavy (non-hydrogen) atoms. The predicted octanol–water partition coefficient (Wildman–Crippen LogP) is 8.67. The largest absolute Gasteiger partial charge is 0.369 e. The van der Waals surface area contributed by atoms with Crippen molar-refractivity contribution in [2.24, 2.45) is 10.2 Å². The summed E-state index contributed by atoms with van der Waals surface area (Å²) >= 11 is 0. The van der Waals surface area contributed by atoms with E-state index in [9.17, 15) is 10.1 Å². The summed E-state index contributed by atoms with van der Waals surface area (Å²) < 4.78 is 14.5. The molecule has 0 aliphatic carbocycles. The Morgan fingerprint density at radius 1 is 0.927 bits per heavy atom. The number of anilines is 1. The van der Waals surface area contributed by atoms with Crippen LogP contribution in [0.5, 0.6) is 0 Å².